The van der Waals surface area contributed by atoms with Crippen LogP contribution < -0.4 is 0 Å². The molecule has 12 aromatic rings. The van der Waals surface area contributed by atoms with Crippen molar-refractivity contribution >= 4 is 54.5 Å². The zero-order chi connectivity index (χ0) is 39.6. The van der Waals surface area contributed by atoms with E-state index >= 15 is 0 Å². The maximum Gasteiger partial charge on any atom is 0.164 e. The third-order valence-electron chi connectivity index (χ3n) is 11.6. The van der Waals surface area contributed by atoms with Gasteiger partial charge in [0.15, 0.2) is 17.5 Å². The molecule has 0 aliphatic rings. The molecule has 5 nitrogen and oxygen atoms in total. The summed E-state index contributed by atoms with van der Waals surface area (Å²) in [5.41, 5.74) is 12.1. The van der Waals surface area contributed by atoms with Gasteiger partial charge < -0.3 is 8.98 Å². The summed E-state index contributed by atoms with van der Waals surface area (Å²) in [5, 5.41) is 7.00. The molecule has 3 heterocycles. The second kappa shape index (κ2) is 13.8. The summed E-state index contributed by atoms with van der Waals surface area (Å²) in [6.45, 7) is 0. The lowest BCUT2D eigenvalue weighted by molar-refractivity contribution is 0.669. The van der Waals surface area contributed by atoms with Gasteiger partial charge in [0.1, 0.15) is 11.2 Å². The Balaban J connectivity index is 1.06. The highest BCUT2D eigenvalue weighted by atomic mass is 16.3. The molecule has 0 amide bonds. The minimum Gasteiger partial charge on any atom is -0.456 e. The van der Waals surface area contributed by atoms with Crippen molar-refractivity contribution in [1.82, 2.24) is 19.5 Å². The SMILES string of the molecule is c1ccc(-c2cccc(-c3nc(-c4ccccc4)nc(-c4cccc(-c5cc(-n6c7ccccc7c7cc8ccccc8cc76)c6c(c5)oc5ccccc56)c4)n3)c2)cc1. The predicted molar refractivity (Wildman–Crippen MR) is 246 cm³/mol. The van der Waals surface area contributed by atoms with Gasteiger partial charge in [-0.2, -0.15) is 0 Å². The van der Waals surface area contributed by atoms with E-state index in [-0.39, 0.29) is 0 Å². The van der Waals surface area contributed by atoms with Crippen molar-refractivity contribution in [3.63, 3.8) is 0 Å². The number of rotatable bonds is 6. The van der Waals surface area contributed by atoms with Crippen molar-refractivity contribution in [2.24, 2.45) is 0 Å². The fraction of sp³-hybridized carbons (Fsp3) is 0. The van der Waals surface area contributed by atoms with Crippen LogP contribution in [0, 0.1) is 0 Å². The number of nitrogens with zero attached hydrogens (tertiary/aromatic N) is 4. The normalized spacial score (nSPS) is 11.7. The maximum atomic E-state index is 6.69. The molecule has 0 aliphatic carbocycles. The molecule has 0 fully saturated rings. The summed E-state index contributed by atoms with van der Waals surface area (Å²) < 4.78 is 9.11. The molecule has 280 valence electrons. The van der Waals surface area contributed by atoms with E-state index in [0.717, 1.165) is 77.6 Å². The highest BCUT2D eigenvalue weighted by molar-refractivity contribution is 6.17. The van der Waals surface area contributed by atoms with E-state index < -0.39 is 0 Å². The maximum absolute atomic E-state index is 6.69. The minimum atomic E-state index is 0.602. The van der Waals surface area contributed by atoms with Crippen LogP contribution in [0.5, 0.6) is 0 Å². The molecule has 0 N–H and O–H groups in total. The lowest BCUT2D eigenvalue weighted by Crippen LogP contribution is -2.00. The lowest BCUT2D eigenvalue weighted by Gasteiger charge is -2.14. The van der Waals surface area contributed by atoms with Crippen molar-refractivity contribution in [3.05, 3.63) is 206 Å². The third kappa shape index (κ3) is 5.67. The molecule has 0 saturated carbocycles. The summed E-state index contributed by atoms with van der Waals surface area (Å²) >= 11 is 0. The molecule has 0 unspecified atom stereocenters. The molecule has 3 aromatic heterocycles. The van der Waals surface area contributed by atoms with Gasteiger partial charge in [0.05, 0.1) is 22.1 Å². The van der Waals surface area contributed by atoms with Gasteiger partial charge >= 0.3 is 0 Å². The standard InChI is InChI=1S/C55H34N4O/c1-3-15-35(16-4-1)37-21-13-23-41(29-37)54-56-53(36-17-5-2-6-18-36)57-55(58-54)42-24-14-22-38(30-42)43-33-49(52-45-26-10-12-28-50(45)60-51(52)34-43)59-47-27-11-9-25-44(47)46-31-39-19-7-8-20-40(39)32-48(46)59/h1-34H. The van der Waals surface area contributed by atoms with Crippen LogP contribution in [0.15, 0.2) is 211 Å². The van der Waals surface area contributed by atoms with Gasteiger partial charge in [0.2, 0.25) is 0 Å². The van der Waals surface area contributed by atoms with E-state index in [1.54, 1.807) is 0 Å². The zero-order valence-corrected chi connectivity index (χ0v) is 32.3. The molecule has 0 saturated heterocycles. The topological polar surface area (TPSA) is 56.7 Å². The molecule has 12 rings (SSSR count). The Kier molecular flexibility index (Phi) is 7.78. The van der Waals surface area contributed by atoms with Gasteiger partial charge in [0.25, 0.3) is 0 Å². The first-order valence-electron chi connectivity index (χ1n) is 20.2. The van der Waals surface area contributed by atoms with Crippen LogP contribution in [-0.4, -0.2) is 19.5 Å². The number of para-hydroxylation sites is 2. The minimum absolute atomic E-state index is 0.602. The van der Waals surface area contributed by atoms with Crippen LogP contribution in [0.4, 0.5) is 0 Å². The highest BCUT2D eigenvalue weighted by Gasteiger charge is 2.21. The quantitative estimate of drug-likeness (QED) is 0.169. The van der Waals surface area contributed by atoms with Crippen LogP contribution >= 0.6 is 0 Å². The van der Waals surface area contributed by atoms with Gasteiger partial charge in [-0.1, -0.05) is 158 Å². The van der Waals surface area contributed by atoms with E-state index in [0.29, 0.717) is 17.5 Å². The molecular weight excluding hydrogens is 733 g/mol. The van der Waals surface area contributed by atoms with Crippen LogP contribution in [-0.2, 0) is 0 Å². The zero-order valence-electron chi connectivity index (χ0n) is 32.3. The Morgan fingerprint density at radius 3 is 1.57 bits per heavy atom. The Morgan fingerprint density at radius 1 is 0.317 bits per heavy atom. The van der Waals surface area contributed by atoms with Gasteiger partial charge in [-0.15, -0.1) is 0 Å². The highest BCUT2D eigenvalue weighted by Crippen LogP contribution is 2.42. The van der Waals surface area contributed by atoms with E-state index in [1.807, 2.05) is 42.5 Å². The van der Waals surface area contributed by atoms with Crippen molar-refractivity contribution in [1.29, 1.82) is 0 Å². The number of aromatic nitrogens is 4. The van der Waals surface area contributed by atoms with Crippen LogP contribution in [0.2, 0.25) is 0 Å². The predicted octanol–water partition coefficient (Wildman–Crippen LogP) is 14.4. The third-order valence-corrected chi connectivity index (χ3v) is 11.6. The first-order chi connectivity index (χ1) is 29.7. The van der Waals surface area contributed by atoms with Gasteiger partial charge in [-0.3, -0.25) is 0 Å². The Morgan fingerprint density at radius 2 is 0.850 bits per heavy atom. The first kappa shape index (κ1) is 33.9. The van der Waals surface area contributed by atoms with Gasteiger partial charge in [0, 0.05) is 32.8 Å². The van der Waals surface area contributed by atoms with Crippen molar-refractivity contribution in [2.75, 3.05) is 0 Å². The Bertz CT molecular complexity index is 3610. The average molecular weight is 767 g/mol. The molecule has 0 radical (unpaired) electrons. The summed E-state index contributed by atoms with van der Waals surface area (Å²) in [6, 6.07) is 72.2. The number of hydrogen-bond acceptors (Lipinski definition) is 4. The fourth-order valence-corrected chi connectivity index (χ4v) is 8.75. The average Bonchev–Trinajstić information content (AvgIpc) is 3.86. The van der Waals surface area contributed by atoms with Crippen molar-refractivity contribution in [2.45, 2.75) is 0 Å². The largest absolute Gasteiger partial charge is 0.456 e. The smallest absolute Gasteiger partial charge is 0.164 e. The lowest BCUT2D eigenvalue weighted by atomic mass is 9.99. The summed E-state index contributed by atoms with van der Waals surface area (Å²) in [5.74, 6) is 1.84. The second-order valence-corrected chi connectivity index (χ2v) is 15.2. The molecule has 0 atom stereocenters. The molecule has 9 aromatic carbocycles. The fourth-order valence-electron chi connectivity index (χ4n) is 8.75. The van der Waals surface area contributed by atoms with E-state index in [4.69, 9.17) is 19.4 Å². The molecule has 60 heavy (non-hydrogen) atoms. The number of hydrogen-bond donors (Lipinski definition) is 0. The number of benzene rings is 9. The Hall–Kier alpha value is -8.15. The summed E-state index contributed by atoms with van der Waals surface area (Å²) in [4.78, 5) is 15.3. The molecule has 5 heteroatoms. The van der Waals surface area contributed by atoms with E-state index in [9.17, 15) is 0 Å². The van der Waals surface area contributed by atoms with Gasteiger partial charge in [-0.05, 0) is 81.6 Å². The van der Waals surface area contributed by atoms with Crippen molar-refractivity contribution in [3.8, 4) is 62.1 Å². The first-order valence-corrected chi connectivity index (χ1v) is 20.2. The number of fused-ring (bicyclic) bond motifs is 7. The van der Waals surface area contributed by atoms with Gasteiger partial charge in [-0.25, -0.2) is 15.0 Å². The summed E-state index contributed by atoms with van der Waals surface area (Å²) in [6.07, 6.45) is 0. The molecular formula is C55H34N4O. The second-order valence-electron chi connectivity index (χ2n) is 15.2. The van der Waals surface area contributed by atoms with E-state index in [1.165, 1.54) is 21.5 Å². The Labute approximate surface area is 345 Å². The molecule has 0 aliphatic heterocycles. The molecule has 0 bridgehead atoms. The monoisotopic (exact) mass is 766 g/mol. The van der Waals surface area contributed by atoms with Crippen LogP contribution in [0.25, 0.3) is 117 Å². The summed E-state index contributed by atoms with van der Waals surface area (Å²) in [7, 11) is 0. The van der Waals surface area contributed by atoms with Crippen molar-refractivity contribution < 1.29 is 4.42 Å². The van der Waals surface area contributed by atoms with E-state index in [2.05, 4.69) is 168 Å². The molecule has 0 spiro atoms. The number of furan rings is 1. The van der Waals surface area contributed by atoms with Crippen LogP contribution in [0.1, 0.15) is 0 Å². The van der Waals surface area contributed by atoms with Crippen LogP contribution in [0.3, 0.4) is 0 Å².